The molecule has 117 heavy (non-hydrogen) atoms. The maximum absolute atomic E-state index is 13.2. The Morgan fingerprint density at radius 2 is 0.444 bits per heavy atom. The maximum Gasteiger partial charge on any atom is 0.217 e. The van der Waals surface area contributed by atoms with Crippen LogP contribution < -0.4 is 10.6 Å². The molecule has 0 radical (unpaired) electrons. The van der Waals surface area contributed by atoms with Gasteiger partial charge >= 0.3 is 0 Å². The second-order valence-electron chi connectivity index (χ2n) is 29.5. The molecule has 53 heteroatoms. The van der Waals surface area contributed by atoms with Crippen LogP contribution in [0.2, 0.25) is 0 Å². The standard InChI is InChI=1S/C64H108N2O51/c1-13(76)65-25-47(31(82)19(7-71)100-55(25)98)110-56-26(66-14(2)77)48(32(83)20(8-72)101-56)111-62-46(97)52(36(87)24(109-62)12-99-57-43(94)49(33(84)21(9-73)102-57)112-58-41(92)37(88)27(78)15(3-67)103-58)115-63-54(40(91)30(81)17(5-69)107-63)117-64-53(39(90)29(80)18(6-70)108-64)116-61-45(96)51(35(86)23(11-75)106-61)114-60-44(95)50(34(85)22(10-74)105-60)113-59-42(93)38(89)28(79)16(4-68)104-59/h15-64,67-75,78-98H,3-12H2,1-2H3,(H,65,76)(H,66,77)/t15-,16-,17-,18-,19-,20-,21-,22-,23-,24-,25-,26-,27-,28+,29-,30-,31-,32-,33-,34+,35-,36-,37+,38+,39+,40+,41+,42-,43+,44-,45+,46+,47-,48-,49+,50+,51+,52+,53+,54+,55-,56+,57-,58+,59+,60+,61-,62+,63-,64-/m1/s1. The first-order valence-corrected chi connectivity index (χ1v) is 37.2. The minimum atomic E-state index is -2.64. The van der Waals surface area contributed by atoms with Gasteiger partial charge in [-0.1, -0.05) is 0 Å². The lowest BCUT2D eigenvalue weighted by atomic mass is 9.93. The van der Waals surface area contributed by atoms with Crippen LogP contribution in [0.25, 0.3) is 0 Å². The van der Waals surface area contributed by atoms with E-state index in [4.69, 9.17) is 90.0 Å². The molecule has 0 aromatic heterocycles. The van der Waals surface area contributed by atoms with Crippen LogP contribution in [0.15, 0.2) is 0 Å². The van der Waals surface area contributed by atoms with Crippen LogP contribution in [0, 0.1) is 0 Å². The van der Waals surface area contributed by atoms with Crippen molar-refractivity contribution in [2.75, 3.05) is 66.1 Å². The molecule has 0 bridgehead atoms. The topological polar surface area (TPSA) is 840 Å². The predicted octanol–water partition coefficient (Wildman–Crippen LogP) is -22.5. The fourth-order valence-corrected chi connectivity index (χ4v) is 15.1. The van der Waals surface area contributed by atoms with Crippen molar-refractivity contribution in [1.82, 2.24) is 10.6 Å². The lowest BCUT2D eigenvalue weighted by Gasteiger charge is -2.51. The Kier molecular flexibility index (Phi) is 34.4. The number of carbonyl (C=O) groups is 2. The van der Waals surface area contributed by atoms with Crippen molar-refractivity contribution in [2.24, 2.45) is 0 Å². The predicted molar refractivity (Wildman–Crippen MR) is 353 cm³/mol. The highest BCUT2D eigenvalue weighted by Crippen LogP contribution is 2.41. The van der Waals surface area contributed by atoms with E-state index in [9.17, 15) is 163 Å². The summed E-state index contributed by atoms with van der Waals surface area (Å²) in [6.45, 7) is -9.31. The Labute approximate surface area is 660 Å². The maximum atomic E-state index is 13.2. The van der Waals surface area contributed by atoms with Gasteiger partial charge in [0.15, 0.2) is 62.9 Å². The molecule has 0 spiro atoms. The highest BCUT2D eigenvalue weighted by atomic mass is 16.8. The molecule has 0 aromatic carbocycles. The van der Waals surface area contributed by atoms with E-state index in [1.54, 1.807) is 0 Å². The van der Waals surface area contributed by atoms with E-state index in [0.717, 1.165) is 13.8 Å². The molecule has 50 atom stereocenters. The third-order valence-electron chi connectivity index (χ3n) is 21.7. The van der Waals surface area contributed by atoms with Crippen LogP contribution in [-0.4, -0.2) is 538 Å². The van der Waals surface area contributed by atoms with Crippen molar-refractivity contribution in [3.63, 3.8) is 0 Å². The Morgan fingerprint density at radius 3 is 0.803 bits per heavy atom. The van der Waals surface area contributed by atoms with Crippen molar-refractivity contribution in [3.05, 3.63) is 0 Å². The first-order chi connectivity index (χ1) is 55.5. The van der Waals surface area contributed by atoms with E-state index >= 15 is 0 Å². The first kappa shape index (κ1) is 96.2. The van der Waals surface area contributed by atoms with Gasteiger partial charge in [-0.3, -0.25) is 9.59 Å². The highest BCUT2D eigenvalue weighted by molar-refractivity contribution is 5.73. The molecule has 680 valence electrons. The first-order valence-electron chi connectivity index (χ1n) is 37.2. The molecule has 10 aliphatic heterocycles. The average molecular weight is 1720 g/mol. The van der Waals surface area contributed by atoms with Gasteiger partial charge in [0.2, 0.25) is 11.8 Å². The molecular weight excluding hydrogens is 1610 g/mol. The van der Waals surface area contributed by atoms with Crippen molar-refractivity contribution in [3.8, 4) is 0 Å². The molecule has 10 fully saturated rings. The molecule has 53 nitrogen and oxygen atoms in total. The van der Waals surface area contributed by atoms with Crippen LogP contribution >= 0.6 is 0 Å². The number of aliphatic hydroxyl groups excluding tert-OH is 30. The largest absolute Gasteiger partial charge is 0.394 e. The van der Waals surface area contributed by atoms with Gasteiger partial charge in [0.05, 0.1) is 66.1 Å². The van der Waals surface area contributed by atoms with Gasteiger partial charge in [-0.25, -0.2) is 0 Å². The van der Waals surface area contributed by atoms with Gasteiger partial charge in [-0.2, -0.15) is 0 Å². The van der Waals surface area contributed by atoms with Crippen LogP contribution in [0.4, 0.5) is 0 Å². The molecule has 32 N–H and O–H groups in total. The zero-order chi connectivity index (χ0) is 85.9. The number of ether oxygens (including phenoxy) is 19. The van der Waals surface area contributed by atoms with E-state index in [0.29, 0.717) is 0 Å². The van der Waals surface area contributed by atoms with Crippen LogP contribution in [0.5, 0.6) is 0 Å². The van der Waals surface area contributed by atoms with E-state index in [1.807, 2.05) is 0 Å². The van der Waals surface area contributed by atoms with Crippen molar-refractivity contribution >= 4 is 11.8 Å². The molecule has 10 aliphatic rings. The van der Waals surface area contributed by atoms with Crippen LogP contribution in [0.1, 0.15) is 13.8 Å². The lowest BCUT2D eigenvalue weighted by molar-refractivity contribution is -0.411. The van der Waals surface area contributed by atoms with Gasteiger partial charge < -0.3 is 254 Å². The number of rotatable bonds is 30. The van der Waals surface area contributed by atoms with E-state index in [1.165, 1.54) is 0 Å². The number of amides is 2. The molecule has 0 aliphatic carbocycles. The minimum Gasteiger partial charge on any atom is -0.394 e. The highest BCUT2D eigenvalue weighted by Gasteiger charge is 2.62. The summed E-state index contributed by atoms with van der Waals surface area (Å²) in [5, 5.41) is 337. The number of hydrogen-bond acceptors (Lipinski definition) is 51. The Balaban J connectivity index is 0.967. The third-order valence-corrected chi connectivity index (χ3v) is 21.7. The lowest BCUT2D eigenvalue weighted by Crippen LogP contribution is -2.71. The van der Waals surface area contributed by atoms with Crippen molar-refractivity contribution in [2.45, 2.75) is 321 Å². The summed E-state index contributed by atoms with van der Waals surface area (Å²) in [6.07, 6.45) is -104. The fourth-order valence-electron chi connectivity index (χ4n) is 15.1. The quantitative estimate of drug-likeness (QED) is 0.0318. The van der Waals surface area contributed by atoms with Gasteiger partial charge in [0, 0.05) is 13.8 Å². The smallest absolute Gasteiger partial charge is 0.217 e. The SMILES string of the molecule is CC(=O)N[C@@H]1[C@@H](O[C@@H]2O[C@H](CO)[C@@H](O)[C@H](O[C@@H]3O[C@H](CO[C@@H]4O[C@H](CO)[C@@H](O)[C@H](O[C@@H]5O[C@H](CO)[C@@H](O)[C@H](O)[C@@H]5O)[C@@H]4O)[C@@H](O)[C@H](O[C@H]4O[C@H](CO)[C@@H](O)[C@H](O)[C@@H]4O[C@H]4O[C@H](CO)[C@@H](O)[C@H](O)[C@@H]4O[C@H]4O[C@H](CO)[C@@H](O)[C@H](O[C@@H]5O[C@H](CO)[C@H](O)[C@H](O[C@@H]6O[C@H](CO)[C@H](O)[C@H](O)[C@H]6O)[C@H]5O)[C@@H]4O)[C@@H]3O)[C@H]2NC(C)=O)[C@H](O)[C@@H](CO)O[C@H]1O. The summed E-state index contributed by atoms with van der Waals surface area (Å²) in [4.78, 5) is 25.7. The van der Waals surface area contributed by atoms with Crippen molar-refractivity contribution < 1.29 is 253 Å². The Bertz CT molecular complexity index is 3050. The number of nitrogens with one attached hydrogen (secondary N) is 2. The molecule has 10 heterocycles. The molecule has 10 rings (SSSR count). The third kappa shape index (κ3) is 20.6. The molecule has 0 aromatic rings. The van der Waals surface area contributed by atoms with Gasteiger partial charge in [0.25, 0.3) is 0 Å². The molecular formula is C64H108N2O51. The molecule has 2 amide bonds. The summed E-state index contributed by atoms with van der Waals surface area (Å²) < 4.78 is 111. The summed E-state index contributed by atoms with van der Waals surface area (Å²) in [7, 11) is 0. The monoisotopic (exact) mass is 1720 g/mol. The zero-order valence-electron chi connectivity index (χ0n) is 61.9. The second-order valence-corrected chi connectivity index (χ2v) is 29.5. The fraction of sp³-hybridized carbons (Fsp3) is 0.969. The number of aliphatic hydroxyl groups is 30. The Morgan fingerprint density at radius 1 is 0.222 bits per heavy atom. The summed E-state index contributed by atoms with van der Waals surface area (Å²) in [5.41, 5.74) is 0. The van der Waals surface area contributed by atoms with Crippen LogP contribution in [-0.2, 0) is 99.6 Å². The van der Waals surface area contributed by atoms with Crippen LogP contribution in [0.3, 0.4) is 0 Å². The second kappa shape index (κ2) is 41.9. The summed E-state index contributed by atoms with van der Waals surface area (Å²) >= 11 is 0. The van der Waals surface area contributed by atoms with Gasteiger partial charge in [0.1, 0.15) is 244 Å². The van der Waals surface area contributed by atoms with Crippen molar-refractivity contribution in [1.29, 1.82) is 0 Å². The zero-order valence-corrected chi connectivity index (χ0v) is 61.9. The van der Waals surface area contributed by atoms with E-state index in [-0.39, 0.29) is 0 Å². The van der Waals surface area contributed by atoms with E-state index in [2.05, 4.69) is 10.6 Å². The Hall–Kier alpha value is -3.02. The molecule has 10 saturated heterocycles. The summed E-state index contributed by atoms with van der Waals surface area (Å²) in [6, 6.07) is -3.74. The van der Waals surface area contributed by atoms with Gasteiger partial charge in [-0.05, 0) is 0 Å². The average Bonchev–Trinajstić information content (AvgIpc) is 0.770. The van der Waals surface area contributed by atoms with E-state index < -0.39 is 385 Å². The normalized spacial score (nSPS) is 51.5. The molecule has 0 saturated carbocycles. The minimum absolute atomic E-state index is 0.851. The van der Waals surface area contributed by atoms with Gasteiger partial charge in [-0.15, -0.1) is 0 Å². The number of hydrogen-bond donors (Lipinski definition) is 32. The summed E-state index contributed by atoms with van der Waals surface area (Å²) in [5.74, 6) is -1.85. The molecule has 0 unspecified atom stereocenters. The number of carbonyl (C=O) groups excluding carboxylic acids is 2.